The van der Waals surface area contributed by atoms with Gasteiger partial charge in [0.25, 0.3) is 0 Å². The molecule has 0 aromatic rings. The van der Waals surface area contributed by atoms with Gasteiger partial charge in [-0.2, -0.15) is 0 Å². The Morgan fingerprint density at radius 1 is 1.10 bits per heavy atom. The first kappa shape index (κ1) is 14.2. The SMILES string of the molecule is C=CCC(F)(C1CC2CC1C1C3CCC(C3)C21)C(C)(O)F. The molecule has 4 aliphatic carbocycles. The van der Waals surface area contributed by atoms with E-state index >= 15 is 4.39 Å². The van der Waals surface area contributed by atoms with Gasteiger partial charge >= 0.3 is 0 Å². The van der Waals surface area contributed by atoms with Crippen LogP contribution in [0, 0.1) is 41.4 Å². The van der Waals surface area contributed by atoms with Crippen molar-refractivity contribution in [3.63, 3.8) is 0 Å². The third-order valence-corrected chi connectivity index (χ3v) is 7.52. The third-order valence-electron chi connectivity index (χ3n) is 7.52. The molecule has 1 N–H and O–H groups in total. The van der Waals surface area contributed by atoms with Gasteiger partial charge in [-0.3, -0.25) is 0 Å². The Morgan fingerprint density at radius 2 is 1.76 bits per heavy atom. The van der Waals surface area contributed by atoms with Crippen molar-refractivity contribution >= 4 is 0 Å². The zero-order valence-corrected chi connectivity index (χ0v) is 12.8. The summed E-state index contributed by atoms with van der Waals surface area (Å²) >= 11 is 0. The van der Waals surface area contributed by atoms with Crippen molar-refractivity contribution < 1.29 is 13.9 Å². The number of hydrogen-bond donors (Lipinski definition) is 1. The maximum Gasteiger partial charge on any atom is 0.238 e. The first-order valence-corrected chi connectivity index (χ1v) is 8.58. The number of aliphatic hydroxyl groups is 1. The molecule has 1 nitrogen and oxygen atoms in total. The lowest BCUT2D eigenvalue weighted by molar-refractivity contribution is -0.214. The topological polar surface area (TPSA) is 20.2 Å². The highest BCUT2D eigenvalue weighted by atomic mass is 19.2. The lowest BCUT2D eigenvalue weighted by atomic mass is 9.62. The molecule has 0 amide bonds. The van der Waals surface area contributed by atoms with Crippen LogP contribution in [0.15, 0.2) is 12.7 Å². The minimum absolute atomic E-state index is 0.0874. The van der Waals surface area contributed by atoms with Crippen molar-refractivity contribution in [2.24, 2.45) is 41.4 Å². The fraction of sp³-hybridized carbons (Fsp3) is 0.889. The Labute approximate surface area is 125 Å². The molecule has 4 rings (SSSR count). The van der Waals surface area contributed by atoms with Gasteiger partial charge in [-0.15, -0.1) is 6.58 Å². The zero-order chi connectivity index (χ0) is 15.0. The average molecular weight is 296 g/mol. The van der Waals surface area contributed by atoms with E-state index in [-0.39, 0.29) is 18.3 Å². The molecule has 0 aromatic carbocycles. The summed E-state index contributed by atoms with van der Waals surface area (Å²) in [6.45, 7) is 4.57. The van der Waals surface area contributed by atoms with Crippen LogP contribution in [0.5, 0.6) is 0 Å². The van der Waals surface area contributed by atoms with Gasteiger partial charge in [0.15, 0.2) is 5.67 Å². The summed E-state index contributed by atoms with van der Waals surface area (Å²) in [5.41, 5.74) is -2.17. The van der Waals surface area contributed by atoms with Crippen molar-refractivity contribution in [1.82, 2.24) is 0 Å². The second kappa shape index (κ2) is 4.31. The van der Waals surface area contributed by atoms with Crippen LogP contribution < -0.4 is 0 Å². The number of fused-ring (bicyclic) bond motifs is 9. The maximum absolute atomic E-state index is 15.5. The fourth-order valence-electron chi connectivity index (χ4n) is 6.98. The van der Waals surface area contributed by atoms with Gasteiger partial charge < -0.3 is 5.11 Å². The van der Waals surface area contributed by atoms with Crippen LogP contribution in [0.2, 0.25) is 0 Å². The molecule has 0 aromatic heterocycles. The average Bonchev–Trinajstić information content (AvgIpc) is 3.15. The molecule has 0 spiro atoms. The summed E-state index contributed by atoms with van der Waals surface area (Å²) in [6, 6.07) is 0. The van der Waals surface area contributed by atoms with Gasteiger partial charge in [-0.25, -0.2) is 8.78 Å². The molecule has 118 valence electrons. The number of hydrogen-bond acceptors (Lipinski definition) is 1. The molecule has 21 heavy (non-hydrogen) atoms. The van der Waals surface area contributed by atoms with Crippen molar-refractivity contribution in [3.05, 3.63) is 12.7 Å². The molecule has 4 aliphatic rings. The summed E-state index contributed by atoms with van der Waals surface area (Å²) in [7, 11) is 0. The molecule has 4 fully saturated rings. The van der Waals surface area contributed by atoms with Gasteiger partial charge in [-0.05, 0) is 74.5 Å². The normalized spacial score (nSPS) is 52.5. The summed E-state index contributed by atoms with van der Waals surface area (Å²) in [4.78, 5) is 0. The minimum atomic E-state index is -2.77. The Balaban J connectivity index is 1.65. The second-order valence-corrected chi connectivity index (χ2v) is 8.30. The van der Waals surface area contributed by atoms with Crippen LogP contribution in [0.4, 0.5) is 8.78 Å². The molecule has 3 heteroatoms. The predicted molar refractivity (Wildman–Crippen MR) is 77.9 cm³/mol. The fourth-order valence-corrected chi connectivity index (χ4v) is 6.98. The molecular weight excluding hydrogens is 270 g/mol. The highest BCUT2D eigenvalue weighted by molar-refractivity contribution is 5.16. The first-order valence-electron chi connectivity index (χ1n) is 8.58. The van der Waals surface area contributed by atoms with Crippen LogP contribution in [-0.4, -0.2) is 16.6 Å². The van der Waals surface area contributed by atoms with Crippen LogP contribution in [0.1, 0.15) is 45.4 Å². The van der Waals surface area contributed by atoms with Crippen molar-refractivity contribution in [2.45, 2.75) is 57.0 Å². The van der Waals surface area contributed by atoms with E-state index in [0.717, 1.165) is 37.5 Å². The molecule has 0 heterocycles. The summed E-state index contributed by atoms with van der Waals surface area (Å²) < 4.78 is 29.7. The lowest BCUT2D eigenvalue weighted by Gasteiger charge is -2.46. The monoisotopic (exact) mass is 296 g/mol. The van der Waals surface area contributed by atoms with Crippen molar-refractivity contribution in [2.75, 3.05) is 0 Å². The highest BCUT2D eigenvalue weighted by Gasteiger charge is 2.68. The number of alkyl halides is 2. The zero-order valence-electron chi connectivity index (χ0n) is 12.8. The lowest BCUT2D eigenvalue weighted by Crippen LogP contribution is -2.54. The highest BCUT2D eigenvalue weighted by Crippen LogP contribution is 2.71. The Bertz CT molecular complexity index is 457. The van der Waals surface area contributed by atoms with Crippen LogP contribution in [0.25, 0.3) is 0 Å². The largest absolute Gasteiger partial charge is 0.359 e. The molecular formula is C18H26F2O. The summed E-state index contributed by atoms with van der Waals surface area (Å²) in [5.74, 6) is 0.734. The molecule has 4 bridgehead atoms. The van der Waals surface area contributed by atoms with E-state index in [1.807, 2.05) is 0 Å². The maximum atomic E-state index is 15.5. The van der Waals surface area contributed by atoms with E-state index in [1.165, 1.54) is 25.3 Å². The van der Waals surface area contributed by atoms with Gasteiger partial charge in [0.05, 0.1) is 0 Å². The minimum Gasteiger partial charge on any atom is -0.359 e. The molecule has 9 unspecified atom stereocenters. The number of allylic oxidation sites excluding steroid dienone is 1. The molecule has 0 saturated heterocycles. The second-order valence-electron chi connectivity index (χ2n) is 8.30. The Kier molecular flexibility index (Phi) is 2.91. The Hall–Kier alpha value is -0.440. The van der Waals surface area contributed by atoms with Gasteiger partial charge in [0.2, 0.25) is 5.85 Å². The summed E-state index contributed by atoms with van der Waals surface area (Å²) in [6.07, 6.45) is 7.13. The van der Waals surface area contributed by atoms with Crippen molar-refractivity contribution in [1.29, 1.82) is 0 Å². The number of halogens is 2. The summed E-state index contributed by atoms with van der Waals surface area (Å²) in [5, 5.41) is 9.84. The molecule has 0 aliphatic heterocycles. The van der Waals surface area contributed by atoms with E-state index < -0.39 is 11.5 Å². The van der Waals surface area contributed by atoms with Gasteiger partial charge in [0, 0.05) is 12.3 Å². The number of rotatable bonds is 4. The standard InChI is InChI=1S/C18H26F2O/c1-3-6-18(20,17(2,19)21)14-9-12-8-13(14)16-11-5-4-10(7-11)15(12)16/h3,10-16,21H,1,4-9H2,2H3. The predicted octanol–water partition coefficient (Wildman–Crippen LogP) is 4.27. The third kappa shape index (κ3) is 1.70. The van der Waals surface area contributed by atoms with E-state index in [0.29, 0.717) is 11.8 Å². The van der Waals surface area contributed by atoms with E-state index in [1.54, 1.807) is 0 Å². The quantitative estimate of drug-likeness (QED) is 0.607. The first-order chi connectivity index (χ1) is 9.87. The van der Waals surface area contributed by atoms with E-state index in [4.69, 9.17) is 0 Å². The van der Waals surface area contributed by atoms with Gasteiger partial charge in [-0.1, -0.05) is 6.08 Å². The smallest absolute Gasteiger partial charge is 0.238 e. The van der Waals surface area contributed by atoms with Crippen LogP contribution in [-0.2, 0) is 0 Å². The van der Waals surface area contributed by atoms with E-state index in [9.17, 15) is 9.50 Å². The molecule has 9 atom stereocenters. The van der Waals surface area contributed by atoms with Crippen molar-refractivity contribution in [3.8, 4) is 0 Å². The molecule has 0 radical (unpaired) electrons. The molecule has 4 saturated carbocycles. The van der Waals surface area contributed by atoms with Crippen LogP contribution in [0.3, 0.4) is 0 Å². The Morgan fingerprint density at radius 3 is 2.38 bits per heavy atom. The van der Waals surface area contributed by atoms with Gasteiger partial charge in [0.1, 0.15) is 0 Å². The van der Waals surface area contributed by atoms with E-state index in [2.05, 4.69) is 6.58 Å². The van der Waals surface area contributed by atoms with Crippen LogP contribution >= 0.6 is 0 Å².